The number of nitrogens with one attached hydrogen (secondary N) is 1. The van der Waals surface area contributed by atoms with E-state index in [2.05, 4.69) is 32.3 Å². The van der Waals surface area contributed by atoms with Crippen molar-refractivity contribution >= 4 is 17.4 Å². The summed E-state index contributed by atoms with van der Waals surface area (Å²) in [5.41, 5.74) is 2.02. The Morgan fingerprint density at radius 3 is 2.33 bits per heavy atom. The fraction of sp³-hybridized carbons (Fsp3) is 0.320. The highest BCUT2D eigenvalue weighted by atomic mass is 16.5. The van der Waals surface area contributed by atoms with E-state index < -0.39 is 0 Å². The second-order valence-electron chi connectivity index (χ2n) is 7.95. The molecule has 1 amide bonds. The summed E-state index contributed by atoms with van der Waals surface area (Å²) in [6, 6.07) is 21.3. The molecule has 0 spiro atoms. The topological polar surface area (TPSA) is 79.7 Å². The van der Waals surface area contributed by atoms with Crippen LogP contribution in [0.15, 0.2) is 71.5 Å². The first kappa shape index (κ1) is 22.4. The number of rotatable bonds is 8. The number of para-hydroxylation sites is 1. The molecule has 0 bridgehead atoms. The fourth-order valence-electron chi connectivity index (χ4n) is 3.88. The lowest BCUT2D eigenvalue weighted by Crippen LogP contribution is -2.47. The molecule has 33 heavy (non-hydrogen) atoms. The van der Waals surface area contributed by atoms with Crippen LogP contribution >= 0.6 is 0 Å². The lowest BCUT2D eigenvalue weighted by molar-refractivity contribution is -0.121. The van der Waals surface area contributed by atoms with Crippen LogP contribution in [0.25, 0.3) is 0 Å². The van der Waals surface area contributed by atoms with Gasteiger partial charge in [-0.3, -0.25) is 9.59 Å². The Labute approximate surface area is 193 Å². The Morgan fingerprint density at radius 2 is 1.64 bits per heavy atom. The van der Waals surface area contributed by atoms with Crippen LogP contribution in [0.1, 0.15) is 5.56 Å². The summed E-state index contributed by atoms with van der Waals surface area (Å²) in [6.07, 6.45) is 0.698. The van der Waals surface area contributed by atoms with Crippen molar-refractivity contribution < 1.29 is 9.53 Å². The van der Waals surface area contributed by atoms with Gasteiger partial charge in [0.2, 0.25) is 5.91 Å². The van der Waals surface area contributed by atoms with Crippen LogP contribution in [-0.2, 0) is 17.8 Å². The van der Waals surface area contributed by atoms with E-state index in [1.807, 2.05) is 42.5 Å². The highest BCUT2D eigenvalue weighted by molar-refractivity contribution is 5.75. The van der Waals surface area contributed by atoms with Crippen molar-refractivity contribution in [1.29, 1.82) is 0 Å². The Hall–Kier alpha value is -3.81. The molecule has 1 saturated heterocycles. The number of methoxy groups -OCH3 is 1. The van der Waals surface area contributed by atoms with Gasteiger partial charge in [-0.05, 0) is 42.3 Å². The van der Waals surface area contributed by atoms with E-state index in [-0.39, 0.29) is 18.0 Å². The predicted octanol–water partition coefficient (Wildman–Crippen LogP) is 1.94. The summed E-state index contributed by atoms with van der Waals surface area (Å²) in [5, 5.41) is 7.32. The summed E-state index contributed by atoms with van der Waals surface area (Å²) in [7, 11) is 1.63. The average Bonchev–Trinajstić information content (AvgIpc) is 2.86. The Bertz CT molecular complexity index is 1110. The van der Waals surface area contributed by atoms with Gasteiger partial charge in [-0.2, -0.15) is 5.10 Å². The van der Waals surface area contributed by atoms with Gasteiger partial charge in [-0.15, -0.1) is 0 Å². The van der Waals surface area contributed by atoms with E-state index in [9.17, 15) is 9.59 Å². The molecule has 0 saturated carbocycles. The van der Waals surface area contributed by atoms with Gasteiger partial charge in [0.25, 0.3) is 5.56 Å². The van der Waals surface area contributed by atoms with Crippen molar-refractivity contribution in [3.63, 3.8) is 0 Å². The van der Waals surface area contributed by atoms with Gasteiger partial charge >= 0.3 is 0 Å². The number of benzene rings is 2. The van der Waals surface area contributed by atoms with Gasteiger partial charge in [0.15, 0.2) is 0 Å². The second-order valence-corrected chi connectivity index (χ2v) is 7.95. The van der Waals surface area contributed by atoms with Crippen molar-refractivity contribution in [3.8, 4) is 5.75 Å². The minimum absolute atomic E-state index is 0.0980. The first-order chi connectivity index (χ1) is 16.1. The van der Waals surface area contributed by atoms with Crippen LogP contribution in [0.2, 0.25) is 0 Å². The number of hydrogen-bond acceptors (Lipinski definition) is 6. The molecule has 8 heteroatoms. The molecule has 2 aromatic carbocycles. The summed E-state index contributed by atoms with van der Waals surface area (Å²) in [6.45, 7) is 3.73. The normalized spacial score (nSPS) is 13.6. The molecule has 0 radical (unpaired) electrons. The minimum atomic E-state index is -0.285. The van der Waals surface area contributed by atoms with Crippen LogP contribution in [0.3, 0.4) is 0 Å². The fourth-order valence-corrected chi connectivity index (χ4v) is 3.88. The van der Waals surface area contributed by atoms with E-state index in [1.165, 1.54) is 16.4 Å². The number of piperazine rings is 1. The molecular weight excluding hydrogens is 418 g/mol. The molecule has 8 nitrogen and oxygen atoms in total. The predicted molar refractivity (Wildman–Crippen MR) is 129 cm³/mol. The maximum Gasteiger partial charge on any atom is 0.267 e. The van der Waals surface area contributed by atoms with Crippen LogP contribution in [0, 0.1) is 0 Å². The van der Waals surface area contributed by atoms with Crippen molar-refractivity contribution in [2.24, 2.45) is 0 Å². The lowest BCUT2D eigenvalue weighted by atomic mass is 10.1. The SMILES string of the molecule is COc1ccc(CCNC(=O)Cn2nc(N3CCN(c4ccccc4)CC3)ccc2=O)cc1. The minimum Gasteiger partial charge on any atom is -0.497 e. The van der Waals surface area contributed by atoms with Gasteiger partial charge in [0.1, 0.15) is 18.1 Å². The van der Waals surface area contributed by atoms with E-state index in [0.29, 0.717) is 18.8 Å². The highest BCUT2D eigenvalue weighted by Gasteiger charge is 2.19. The van der Waals surface area contributed by atoms with Gasteiger partial charge in [-0.25, -0.2) is 4.68 Å². The molecule has 1 fully saturated rings. The molecule has 172 valence electrons. The molecule has 0 aliphatic carbocycles. The number of hydrogen-bond donors (Lipinski definition) is 1. The number of nitrogens with zero attached hydrogens (tertiary/aromatic N) is 4. The highest BCUT2D eigenvalue weighted by Crippen LogP contribution is 2.18. The standard InChI is InChI=1S/C25H29N5O3/c1-33-22-9-7-20(8-10-22)13-14-26-24(31)19-30-25(32)12-11-23(27-30)29-17-15-28(16-18-29)21-5-3-2-4-6-21/h2-12H,13-19H2,1H3,(H,26,31). The zero-order chi connectivity index (χ0) is 23.0. The van der Waals surface area contributed by atoms with Crippen molar-refractivity contribution in [2.75, 3.05) is 49.6 Å². The van der Waals surface area contributed by atoms with Crippen molar-refractivity contribution in [1.82, 2.24) is 15.1 Å². The third kappa shape index (κ3) is 5.91. The third-order valence-corrected chi connectivity index (χ3v) is 5.77. The van der Waals surface area contributed by atoms with Crippen LogP contribution in [0.4, 0.5) is 11.5 Å². The lowest BCUT2D eigenvalue weighted by Gasteiger charge is -2.36. The average molecular weight is 448 g/mol. The number of aromatic nitrogens is 2. The van der Waals surface area contributed by atoms with E-state index in [4.69, 9.17) is 4.74 Å². The van der Waals surface area contributed by atoms with Gasteiger partial charge in [0.05, 0.1) is 7.11 Å². The summed E-state index contributed by atoms with van der Waals surface area (Å²) < 4.78 is 6.39. The van der Waals surface area contributed by atoms with Crippen molar-refractivity contribution in [2.45, 2.75) is 13.0 Å². The Morgan fingerprint density at radius 1 is 0.939 bits per heavy atom. The molecule has 0 unspecified atom stereocenters. The molecular formula is C25H29N5O3. The largest absolute Gasteiger partial charge is 0.497 e. The molecule has 1 aromatic heterocycles. The summed E-state index contributed by atoms with van der Waals surface area (Å²) >= 11 is 0. The number of ether oxygens (including phenoxy) is 1. The second kappa shape index (κ2) is 10.7. The smallest absolute Gasteiger partial charge is 0.267 e. The first-order valence-corrected chi connectivity index (χ1v) is 11.1. The van der Waals surface area contributed by atoms with Gasteiger partial charge in [0, 0.05) is 44.5 Å². The Balaban J connectivity index is 1.29. The maximum atomic E-state index is 12.4. The van der Waals surface area contributed by atoms with Crippen LogP contribution in [0.5, 0.6) is 5.75 Å². The first-order valence-electron chi connectivity index (χ1n) is 11.1. The quantitative estimate of drug-likeness (QED) is 0.569. The number of carbonyl (C=O) groups is 1. The van der Waals surface area contributed by atoms with Crippen molar-refractivity contribution in [3.05, 3.63) is 82.6 Å². The number of amides is 1. The number of anilines is 2. The summed E-state index contributed by atoms with van der Waals surface area (Å²) in [4.78, 5) is 29.1. The van der Waals surface area contributed by atoms with Gasteiger partial charge < -0.3 is 19.9 Å². The van der Waals surface area contributed by atoms with E-state index in [0.717, 1.165) is 37.5 Å². The zero-order valence-corrected chi connectivity index (χ0v) is 18.8. The zero-order valence-electron chi connectivity index (χ0n) is 18.8. The monoisotopic (exact) mass is 447 g/mol. The maximum absolute atomic E-state index is 12.4. The molecule has 1 aliphatic heterocycles. The van der Waals surface area contributed by atoms with Gasteiger partial charge in [-0.1, -0.05) is 30.3 Å². The summed E-state index contributed by atoms with van der Waals surface area (Å²) in [5.74, 6) is 1.28. The molecule has 4 rings (SSSR count). The molecule has 0 atom stereocenters. The molecule has 3 aromatic rings. The van der Waals surface area contributed by atoms with Crippen LogP contribution in [-0.4, -0.2) is 55.5 Å². The van der Waals surface area contributed by atoms with E-state index >= 15 is 0 Å². The third-order valence-electron chi connectivity index (χ3n) is 5.77. The molecule has 1 N–H and O–H groups in total. The van der Waals surface area contributed by atoms with Crippen LogP contribution < -0.4 is 25.4 Å². The number of carbonyl (C=O) groups excluding carboxylic acids is 1. The molecule has 2 heterocycles. The Kier molecular flexibility index (Phi) is 7.24. The van der Waals surface area contributed by atoms with E-state index in [1.54, 1.807) is 13.2 Å². The molecule has 1 aliphatic rings.